The molecule has 0 bridgehead atoms. The molecule has 0 fully saturated rings. The van der Waals surface area contributed by atoms with E-state index in [0.29, 0.717) is 12.3 Å². The molecule has 0 spiro atoms. The minimum absolute atomic E-state index is 0.254. The normalized spacial score (nSPS) is 13.6. The average Bonchev–Trinajstić information content (AvgIpc) is 3.59. The van der Waals surface area contributed by atoms with Crippen LogP contribution in [0.1, 0.15) is 226 Å². The van der Waals surface area contributed by atoms with Crippen molar-refractivity contribution in [2.24, 2.45) is 10.9 Å². The number of nitrogens with zero attached hydrogens (tertiary/aromatic N) is 1. The van der Waals surface area contributed by atoms with Gasteiger partial charge in [0, 0.05) is 25.4 Å². The van der Waals surface area contributed by atoms with Crippen LogP contribution in [0.25, 0.3) is 0 Å². The molecule has 4 heteroatoms. The average molecular weight is 632 g/mol. The second kappa shape index (κ2) is 34.3. The fourth-order valence-corrected chi connectivity index (χ4v) is 7.01. The van der Waals surface area contributed by atoms with Gasteiger partial charge >= 0.3 is 0 Å². The highest BCUT2D eigenvalue weighted by Gasteiger charge is 2.18. The van der Waals surface area contributed by atoms with Crippen LogP contribution in [0, 0.1) is 5.92 Å². The summed E-state index contributed by atoms with van der Waals surface area (Å²) in [6, 6.07) is 0. The van der Waals surface area contributed by atoms with E-state index in [4.69, 9.17) is 4.99 Å². The number of unbranched alkanes of at least 4 members (excludes halogenated alkanes) is 27. The van der Waals surface area contributed by atoms with Crippen LogP contribution in [-0.2, 0) is 4.79 Å². The zero-order chi connectivity index (χ0) is 32.3. The molecular weight excluding hydrogens is 550 g/mol. The van der Waals surface area contributed by atoms with E-state index < -0.39 is 0 Å². The van der Waals surface area contributed by atoms with Gasteiger partial charge in [-0.2, -0.15) is 0 Å². The predicted molar refractivity (Wildman–Crippen MR) is 201 cm³/mol. The quantitative estimate of drug-likeness (QED) is 0.0676. The molecule has 0 saturated heterocycles. The molecule has 0 aliphatic carbocycles. The molecule has 0 aromatic rings. The van der Waals surface area contributed by atoms with Crippen molar-refractivity contribution in [2.45, 2.75) is 226 Å². The standard InChI is InChI=1S/C41H81N3O/c1-3-5-7-9-11-13-15-17-19-21-23-25-27-29-31-35-40(45)42-36-32-34-39(41-43-37-38-44-41)33-30-28-26-24-22-20-18-16-14-12-10-8-6-4-2/h39H,3-38H2,1-2H3,(H,42,45)(H,43,44). The molecule has 2 N–H and O–H groups in total. The molecule has 0 radical (unpaired) electrons. The summed E-state index contributed by atoms with van der Waals surface area (Å²) < 4.78 is 0. The van der Waals surface area contributed by atoms with Gasteiger partial charge in [-0.25, -0.2) is 0 Å². The molecule has 1 atom stereocenters. The van der Waals surface area contributed by atoms with Crippen molar-refractivity contribution in [1.29, 1.82) is 0 Å². The first-order valence-corrected chi connectivity index (χ1v) is 20.8. The molecule has 0 saturated carbocycles. The van der Waals surface area contributed by atoms with Crippen molar-refractivity contribution < 1.29 is 4.79 Å². The smallest absolute Gasteiger partial charge is 0.219 e. The van der Waals surface area contributed by atoms with E-state index in [1.165, 1.54) is 192 Å². The van der Waals surface area contributed by atoms with Crippen molar-refractivity contribution in [3.8, 4) is 0 Å². The Morgan fingerprint density at radius 1 is 0.556 bits per heavy atom. The van der Waals surface area contributed by atoms with Gasteiger partial charge in [-0.3, -0.25) is 9.79 Å². The Kier molecular flexibility index (Phi) is 32.0. The first kappa shape index (κ1) is 42.0. The maximum atomic E-state index is 12.3. The van der Waals surface area contributed by atoms with Gasteiger partial charge in [0.05, 0.1) is 12.4 Å². The molecule has 1 heterocycles. The number of aliphatic imine (C=N–C) groups is 1. The van der Waals surface area contributed by atoms with E-state index in [1.807, 2.05) is 0 Å². The molecule has 1 unspecified atom stereocenters. The van der Waals surface area contributed by atoms with Crippen LogP contribution in [0.4, 0.5) is 0 Å². The van der Waals surface area contributed by atoms with E-state index in [1.54, 1.807) is 0 Å². The number of carbonyl (C=O) groups excluding carboxylic acids is 1. The van der Waals surface area contributed by atoms with Gasteiger partial charge in [0.2, 0.25) is 5.91 Å². The maximum absolute atomic E-state index is 12.3. The topological polar surface area (TPSA) is 53.5 Å². The maximum Gasteiger partial charge on any atom is 0.219 e. The van der Waals surface area contributed by atoms with Crippen LogP contribution in [0.3, 0.4) is 0 Å². The van der Waals surface area contributed by atoms with Crippen LogP contribution < -0.4 is 10.6 Å². The SMILES string of the molecule is CCCCCCCCCCCCCCCCCC(=O)NCCCC(CCCCCCCCCCCCCCCC)C1=NCCN1. The summed E-state index contributed by atoms with van der Waals surface area (Å²) >= 11 is 0. The lowest BCUT2D eigenvalue weighted by atomic mass is 9.94. The highest BCUT2D eigenvalue weighted by molar-refractivity contribution is 5.85. The van der Waals surface area contributed by atoms with Gasteiger partial charge in [-0.15, -0.1) is 0 Å². The lowest BCUT2D eigenvalue weighted by Gasteiger charge is -2.18. The Labute approximate surface area is 282 Å². The fraction of sp³-hybridized carbons (Fsp3) is 0.951. The molecule has 1 rings (SSSR count). The molecule has 45 heavy (non-hydrogen) atoms. The van der Waals surface area contributed by atoms with E-state index >= 15 is 0 Å². The predicted octanol–water partition coefficient (Wildman–Crippen LogP) is 12.6. The van der Waals surface area contributed by atoms with Crippen molar-refractivity contribution >= 4 is 11.7 Å². The van der Waals surface area contributed by atoms with Crippen LogP contribution in [0.15, 0.2) is 4.99 Å². The molecule has 1 aliphatic heterocycles. The van der Waals surface area contributed by atoms with E-state index in [-0.39, 0.29) is 5.91 Å². The molecular formula is C41H81N3O. The van der Waals surface area contributed by atoms with Gasteiger partial charge in [-0.05, 0) is 25.7 Å². The highest BCUT2D eigenvalue weighted by Crippen LogP contribution is 2.20. The first-order valence-electron chi connectivity index (χ1n) is 20.8. The lowest BCUT2D eigenvalue weighted by molar-refractivity contribution is -0.121. The number of hydrogen-bond acceptors (Lipinski definition) is 3. The third-order valence-corrected chi connectivity index (χ3v) is 10.1. The highest BCUT2D eigenvalue weighted by atomic mass is 16.1. The summed E-state index contributed by atoms with van der Waals surface area (Å²) in [4.78, 5) is 17.1. The van der Waals surface area contributed by atoms with Crippen LogP contribution in [-0.4, -0.2) is 31.4 Å². The minimum atomic E-state index is 0.254. The Bertz CT molecular complexity index is 649. The third-order valence-electron chi connectivity index (χ3n) is 10.1. The summed E-state index contributed by atoms with van der Waals surface area (Å²) in [5.41, 5.74) is 0. The van der Waals surface area contributed by atoms with Crippen molar-refractivity contribution in [1.82, 2.24) is 10.6 Å². The molecule has 266 valence electrons. The largest absolute Gasteiger partial charge is 0.372 e. The summed E-state index contributed by atoms with van der Waals surface area (Å²) in [5, 5.41) is 6.74. The van der Waals surface area contributed by atoms with Gasteiger partial charge in [0.15, 0.2) is 0 Å². The molecule has 0 aromatic carbocycles. The number of hydrogen-bond donors (Lipinski definition) is 2. The van der Waals surface area contributed by atoms with E-state index in [2.05, 4.69) is 24.5 Å². The number of carbonyl (C=O) groups is 1. The minimum Gasteiger partial charge on any atom is -0.372 e. The van der Waals surface area contributed by atoms with Crippen LogP contribution >= 0.6 is 0 Å². The van der Waals surface area contributed by atoms with Gasteiger partial charge in [-0.1, -0.05) is 194 Å². The Hall–Kier alpha value is -1.06. The van der Waals surface area contributed by atoms with Gasteiger partial charge in [0.1, 0.15) is 0 Å². The van der Waals surface area contributed by atoms with Crippen molar-refractivity contribution in [3.05, 3.63) is 0 Å². The summed E-state index contributed by atoms with van der Waals surface area (Å²) in [5.74, 6) is 2.05. The molecule has 1 aliphatic rings. The first-order chi connectivity index (χ1) is 22.3. The Morgan fingerprint density at radius 3 is 1.33 bits per heavy atom. The fourth-order valence-electron chi connectivity index (χ4n) is 7.01. The molecule has 1 amide bonds. The summed E-state index contributed by atoms with van der Waals surface area (Å²) in [6.45, 7) is 7.34. The number of nitrogens with one attached hydrogen (secondary N) is 2. The van der Waals surface area contributed by atoms with Crippen LogP contribution in [0.2, 0.25) is 0 Å². The number of amidine groups is 1. The monoisotopic (exact) mass is 632 g/mol. The summed E-state index contributed by atoms with van der Waals surface area (Å²) in [6.07, 6.45) is 44.4. The van der Waals surface area contributed by atoms with Crippen LogP contribution in [0.5, 0.6) is 0 Å². The van der Waals surface area contributed by atoms with Crippen molar-refractivity contribution in [3.63, 3.8) is 0 Å². The zero-order valence-electron chi connectivity index (χ0n) is 30.9. The summed E-state index contributed by atoms with van der Waals surface area (Å²) in [7, 11) is 0. The van der Waals surface area contributed by atoms with E-state index in [9.17, 15) is 4.79 Å². The Morgan fingerprint density at radius 2 is 0.933 bits per heavy atom. The lowest BCUT2D eigenvalue weighted by Crippen LogP contribution is -2.29. The van der Waals surface area contributed by atoms with Crippen molar-refractivity contribution in [2.75, 3.05) is 19.6 Å². The second-order valence-electron chi connectivity index (χ2n) is 14.5. The second-order valence-corrected chi connectivity index (χ2v) is 14.5. The van der Waals surface area contributed by atoms with E-state index in [0.717, 1.165) is 38.9 Å². The zero-order valence-corrected chi connectivity index (χ0v) is 30.9. The molecule has 0 aromatic heterocycles. The number of amides is 1. The number of rotatable bonds is 36. The van der Waals surface area contributed by atoms with Gasteiger partial charge in [0.25, 0.3) is 0 Å². The third kappa shape index (κ3) is 28.9. The molecule has 4 nitrogen and oxygen atoms in total. The Balaban J connectivity index is 1.93. The van der Waals surface area contributed by atoms with Gasteiger partial charge < -0.3 is 10.6 Å².